The first kappa shape index (κ1) is 16.3. The van der Waals surface area contributed by atoms with E-state index in [1.165, 1.54) is 0 Å². The van der Waals surface area contributed by atoms with Crippen molar-refractivity contribution in [2.45, 2.75) is 6.42 Å². The van der Waals surface area contributed by atoms with Crippen LogP contribution in [0.3, 0.4) is 0 Å². The van der Waals surface area contributed by atoms with Gasteiger partial charge in [0.15, 0.2) is 0 Å². The lowest BCUT2D eigenvalue weighted by molar-refractivity contribution is -0.132. The first-order valence-electron chi connectivity index (χ1n) is 7.50. The summed E-state index contributed by atoms with van der Waals surface area (Å²) in [6.45, 7) is 2.90. The number of piperazine rings is 1. The van der Waals surface area contributed by atoms with Gasteiger partial charge < -0.3 is 19.4 Å². The predicted octanol–water partition coefficient (Wildman–Crippen LogP) is 1.28. The molecule has 0 saturated carbocycles. The molecule has 6 nitrogen and oxygen atoms in total. The second kappa shape index (κ2) is 7.79. The van der Waals surface area contributed by atoms with Crippen molar-refractivity contribution in [1.29, 1.82) is 0 Å². The highest BCUT2D eigenvalue weighted by atomic mass is 16.6. The molecule has 1 heterocycles. The van der Waals surface area contributed by atoms with Gasteiger partial charge in [-0.25, -0.2) is 4.79 Å². The molecule has 0 bridgehead atoms. The van der Waals surface area contributed by atoms with Gasteiger partial charge in [0.1, 0.15) is 5.75 Å². The summed E-state index contributed by atoms with van der Waals surface area (Å²) in [4.78, 5) is 29.5. The molecule has 22 heavy (non-hydrogen) atoms. The highest BCUT2D eigenvalue weighted by Gasteiger charge is 2.25. The second-order valence-corrected chi connectivity index (χ2v) is 5.60. The van der Waals surface area contributed by atoms with Gasteiger partial charge in [0.05, 0.1) is 0 Å². The number of amides is 2. The Morgan fingerprint density at radius 2 is 1.64 bits per heavy atom. The summed E-state index contributed by atoms with van der Waals surface area (Å²) in [6, 6.07) is 9.02. The summed E-state index contributed by atoms with van der Waals surface area (Å²) >= 11 is 0. The van der Waals surface area contributed by atoms with Gasteiger partial charge in [-0.3, -0.25) is 4.79 Å². The van der Waals surface area contributed by atoms with Crippen LogP contribution >= 0.6 is 0 Å². The van der Waals surface area contributed by atoms with Crippen molar-refractivity contribution in [3.05, 3.63) is 30.3 Å². The molecule has 1 aromatic rings. The van der Waals surface area contributed by atoms with Crippen molar-refractivity contribution in [2.75, 3.05) is 46.8 Å². The molecule has 1 aromatic carbocycles. The molecule has 0 spiro atoms. The van der Waals surface area contributed by atoms with Crippen molar-refractivity contribution < 1.29 is 14.3 Å². The second-order valence-electron chi connectivity index (χ2n) is 5.60. The fraction of sp³-hybridized carbons (Fsp3) is 0.500. The minimum atomic E-state index is -0.355. The Hall–Kier alpha value is -2.08. The topological polar surface area (TPSA) is 53.1 Å². The zero-order chi connectivity index (χ0) is 15.9. The summed E-state index contributed by atoms with van der Waals surface area (Å²) < 4.78 is 5.31. The van der Waals surface area contributed by atoms with Crippen molar-refractivity contribution in [3.63, 3.8) is 0 Å². The van der Waals surface area contributed by atoms with Crippen LogP contribution in [0.4, 0.5) is 4.79 Å². The van der Waals surface area contributed by atoms with Crippen LogP contribution in [0.15, 0.2) is 30.3 Å². The maximum absolute atomic E-state index is 12.1. The average molecular weight is 305 g/mol. The molecule has 0 radical (unpaired) electrons. The number of hydrogen-bond acceptors (Lipinski definition) is 4. The highest BCUT2D eigenvalue weighted by molar-refractivity contribution is 5.77. The molecule has 2 amide bonds. The first-order valence-corrected chi connectivity index (χ1v) is 7.50. The van der Waals surface area contributed by atoms with E-state index < -0.39 is 0 Å². The third-order valence-electron chi connectivity index (χ3n) is 3.61. The van der Waals surface area contributed by atoms with Crippen molar-refractivity contribution in [1.82, 2.24) is 14.7 Å². The number of carbonyl (C=O) groups is 2. The van der Waals surface area contributed by atoms with E-state index in [-0.39, 0.29) is 12.0 Å². The molecule has 2 rings (SSSR count). The van der Waals surface area contributed by atoms with Gasteiger partial charge in [-0.15, -0.1) is 0 Å². The number of benzene rings is 1. The number of para-hydroxylation sites is 1. The molecule has 1 aliphatic heterocycles. The standard InChI is InChI=1S/C16H23N3O3/c1-17(2)9-8-15(20)18-10-12-19(13-11-18)16(21)22-14-6-4-3-5-7-14/h3-7H,8-13H2,1-2H3. The van der Waals surface area contributed by atoms with E-state index in [2.05, 4.69) is 0 Å². The third kappa shape index (κ3) is 4.73. The molecular weight excluding hydrogens is 282 g/mol. The molecule has 0 aliphatic carbocycles. The van der Waals surface area contributed by atoms with Crippen LogP contribution in [0.1, 0.15) is 6.42 Å². The van der Waals surface area contributed by atoms with Crippen LogP contribution in [-0.2, 0) is 4.79 Å². The zero-order valence-corrected chi connectivity index (χ0v) is 13.2. The number of nitrogens with zero attached hydrogens (tertiary/aromatic N) is 3. The Labute approximate surface area is 131 Å². The van der Waals surface area contributed by atoms with Crippen LogP contribution in [0.5, 0.6) is 5.75 Å². The van der Waals surface area contributed by atoms with Gasteiger partial charge in [-0.2, -0.15) is 0 Å². The number of hydrogen-bond donors (Lipinski definition) is 0. The molecule has 120 valence electrons. The van der Waals surface area contributed by atoms with Gasteiger partial charge in [0.25, 0.3) is 0 Å². The molecule has 0 atom stereocenters. The average Bonchev–Trinajstić information content (AvgIpc) is 2.53. The number of rotatable bonds is 4. The number of carbonyl (C=O) groups excluding carboxylic acids is 2. The minimum absolute atomic E-state index is 0.143. The maximum Gasteiger partial charge on any atom is 0.415 e. The Balaban J connectivity index is 1.77. The Morgan fingerprint density at radius 3 is 2.23 bits per heavy atom. The van der Waals surface area contributed by atoms with E-state index in [9.17, 15) is 9.59 Å². The molecule has 1 fully saturated rings. The molecule has 0 aromatic heterocycles. The smallest absolute Gasteiger partial charge is 0.410 e. The normalized spacial score (nSPS) is 15.0. The van der Waals surface area contributed by atoms with E-state index in [0.717, 1.165) is 6.54 Å². The Kier molecular flexibility index (Phi) is 5.77. The van der Waals surface area contributed by atoms with E-state index in [1.54, 1.807) is 17.0 Å². The minimum Gasteiger partial charge on any atom is -0.410 e. The Morgan fingerprint density at radius 1 is 1.05 bits per heavy atom. The van der Waals surface area contributed by atoms with E-state index >= 15 is 0 Å². The maximum atomic E-state index is 12.1. The highest BCUT2D eigenvalue weighted by Crippen LogP contribution is 2.12. The summed E-state index contributed by atoms with van der Waals surface area (Å²) in [5.74, 6) is 0.682. The lowest BCUT2D eigenvalue weighted by Crippen LogP contribution is -2.51. The monoisotopic (exact) mass is 305 g/mol. The van der Waals surface area contributed by atoms with Crippen LogP contribution in [0.2, 0.25) is 0 Å². The van der Waals surface area contributed by atoms with Gasteiger partial charge >= 0.3 is 6.09 Å². The van der Waals surface area contributed by atoms with Gasteiger partial charge in [-0.05, 0) is 26.2 Å². The summed E-state index contributed by atoms with van der Waals surface area (Å²) in [6.07, 6.45) is 0.160. The van der Waals surface area contributed by atoms with Gasteiger partial charge in [0, 0.05) is 39.1 Å². The third-order valence-corrected chi connectivity index (χ3v) is 3.61. The molecular formula is C16H23N3O3. The summed E-state index contributed by atoms with van der Waals surface area (Å²) in [5.41, 5.74) is 0. The fourth-order valence-electron chi connectivity index (χ4n) is 2.27. The molecule has 1 aliphatic rings. The summed E-state index contributed by atoms with van der Waals surface area (Å²) in [7, 11) is 3.90. The Bertz CT molecular complexity index is 497. The van der Waals surface area contributed by atoms with Crippen LogP contribution < -0.4 is 4.74 Å². The first-order chi connectivity index (χ1) is 10.6. The predicted molar refractivity (Wildman–Crippen MR) is 83.8 cm³/mol. The lowest BCUT2D eigenvalue weighted by atomic mass is 10.3. The number of ether oxygens (including phenoxy) is 1. The molecule has 0 N–H and O–H groups in total. The SMILES string of the molecule is CN(C)CCC(=O)N1CCN(C(=O)Oc2ccccc2)CC1. The van der Waals surface area contributed by atoms with E-state index in [4.69, 9.17) is 4.74 Å². The van der Waals surface area contributed by atoms with Crippen molar-refractivity contribution >= 4 is 12.0 Å². The molecule has 0 unspecified atom stereocenters. The van der Waals surface area contributed by atoms with Gasteiger partial charge in [0.2, 0.25) is 5.91 Å². The van der Waals surface area contributed by atoms with Crippen molar-refractivity contribution in [3.8, 4) is 5.75 Å². The lowest BCUT2D eigenvalue weighted by Gasteiger charge is -2.34. The van der Waals surface area contributed by atoms with Crippen LogP contribution in [0, 0.1) is 0 Å². The van der Waals surface area contributed by atoms with Crippen LogP contribution in [0.25, 0.3) is 0 Å². The molecule has 1 saturated heterocycles. The largest absolute Gasteiger partial charge is 0.415 e. The summed E-state index contributed by atoms with van der Waals surface area (Å²) in [5, 5.41) is 0. The van der Waals surface area contributed by atoms with E-state index in [1.807, 2.05) is 42.1 Å². The van der Waals surface area contributed by atoms with Crippen LogP contribution in [-0.4, -0.2) is 73.5 Å². The van der Waals surface area contributed by atoms with Gasteiger partial charge in [-0.1, -0.05) is 18.2 Å². The molecule has 6 heteroatoms. The van der Waals surface area contributed by atoms with Crippen molar-refractivity contribution in [2.24, 2.45) is 0 Å². The quantitative estimate of drug-likeness (QED) is 0.841. The van der Waals surface area contributed by atoms with E-state index in [0.29, 0.717) is 38.3 Å². The zero-order valence-electron chi connectivity index (χ0n) is 13.2. The fourth-order valence-corrected chi connectivity index (χ4v) is 2.27.